The first-order chi connectivity index (χ1) is 25.6. The number of nitrogens with zero attached hydrogens (tertiary/aromatic N) is 4. The maximum absolute atomic E-state index is 5.05. The lowest BCUT2D eigenvalue weighted by molar-refractivity contribution is 1.18. The minimum atomic E-state index is 0.706. The van der Waals surface area contributed by atoms with Crippen molar-refractivity contribution in [3.63, 3.8) is 0 Å². The SMILES string of the molecule is Cc1ccc2ccc3c(-c4ccc(-c5ccc(-c6cc(-c7ccc(-c8ccccc8)cc7)nc(-c7ccccc7)n6)cc5)cc4)cc(C)nc3c2n1. The summed E-state index contributed by atoms with van der Waals surface area (Å²) in [6.45, 7) is 4.08. The predicted molar refractivity (Wildman–Crippen MR) is 215 cm³/mol. The van der Waals surface area contributed by atoms with Gasteiger partial charge in [-0.3, -0.25) is 9.97 Å². The molecule has 0 saturated heterocycles. The number of aryl methyl sites for hydroxylation is 2. The highest BCUT2D eigenvalue weighted by atomic mass is 14.9. The zero-order valence-corrected chi connectivity index (χ0v) is 29.0. The second-order valence-electron chi connectivity index (χ2n) is 13.2. The molecule has 52 heavy (non-hydrogen) atoms. The van der Waals surface area contributed by atoms with E-state index in [0.29, 0.717) is 5.82 Å². The summed E-state index contributed by atoms with van der Waals surface area (Å²) in [6.07, 6.45) is 0. The van der Waals surface area contributed by atoms with Crippen molar-refractivity contribution < 1.29 is 0 Å². The standard InChI is InChI=1S/C48H34N4/c1-31-13-14-40-27-28-42-43(29-32(2)50-47(42)46(40)49-31)37-21-15-35(16-22-37)36-19-25-39(26-20-36)45-30-44(51-48(52-45)41-11-7-4-8-12-41)38-23-17-34(18-24-38)33-9-5-3-6-10-33/h3-30H,1-2H3. The normalized spacial score (nSPS) is 11.3. The highest BCUT2D eigenvalue weighted by Gasteiger charge is 2.13. The van der Waals surface area contributed by atoms with Gasteiger partial charge in [0, 0.05) is 38.9 Å². The van der Waals surface area contributed by atoms with Gasteiger partial charge in [0.25, 0.3) is 0 Å². The third kappa shape index (κ3) is 6.01. The molecule has 0 saturated carbocycles. The zero-order chi connectivity index (χ0) is 35.0. The van der Waals surface area contributed by atoms with Crippen LogP contribution in [0, 0.1) is 13.8 Å². The summed E-state index contributed by atoms with van der Waals surface area (Å²) in [5.74, 6) is 0.706. The summed E-state index contributed by atoms with van der Waals surface area (Å²) in [6, 6.07) is 59.5. The summed E-state index contributed by atoms with van der Waals surface area (Å²) in [7, 11) is 0. The number of rotatable bonds is 6. The minimum Gasteiger partial charge on any atom is -0.251 e. The number of hydrogen-bond donors (Lipinski definition) is 0. The van der Waals surface area contributed by atoms with Crippen molar-refractivity contribution in [3.05, 3.63) is 181 Å². The van der Waals surface area contributed by atoms with Crippen LogP contribution in [0.2, 0.25) is 0 Å². The number of aromatic nitrogens is 4. The largest absolute Gasteiger partial charge is 0.251 e. The van der Waals surface area contributed by atoms with E-state index in [0.717, 1.165) is 83.5 Å². The highest BCUT2D eigenvalue weighted by molar-refractivity contribution is 6.08. The van der Waals surface area contributed by atoms with E-state index in [2.05, 4.69) is 153 Å². The molecule has 4 nitrogen and oxygen atoms in total. The molecule has 0 aliphatic heterocycles. The summed E-state index contributed by atoms with van der Waals surface area (Å²) in [5.41, 5.74) is 15.7. The fraction of sp³-hybridized carbons (Fsp3) is 0.0417. The van der Waals surface area contributed by atoms with Gasteiger partial charge in [0.15, 0.2) is 5.82 Å². The fourth-order valence-electron chi connectivity index (χ4n) is 6.93. The molecular weight excluding hydrogens is 633 g/mol. The Hall–Kier alpha value is -6.78. The van der Waals surface area contributed by atoms with Crippen LogP contribution >= 0.6 is 0 Å². The molecule has 0 radical (unpaired) electrons. The Morgan fingerprint density at radius 3 is 1.37 bits per heavy atom. The van der Waals surface area contributed by atoms with Crippen molar-refractivity contribution in [3.8, 4) is 67.3 Å². The first-order valence-corrected chi connectivity index (χ1v) is 17.6. The number of benzene rings is 6. The molecule has 0 fully saturated rings. The van der Waals surface area contributed by atoms with Gasteiger partial charge in [-0.05, 0) is 65.4 Å². The van der Waals surface area contributed by atoms with Crippen molar-refractivity contribution in [2.75, 3.05) is 0 Å². The molecule has 0 unspecified atom stereocenters. The van der Waals surface area contributed by atoms with Gasteiger partial charge < -0.3 is 0 Å². The second-order valence-corrected chi connectivity index (χ2v) is 13.2. The molecule has 0 amide bonds. The lowest BCUT2D eigenvalue weighted by Gasteiger charge is -2.12. The van der Waals surface area contributed by atoms with Gasteiger partial charge in [0.05, 0.1) is 22.4 Å². The molecule has 0 bridgehead atoms. The minimum absolute atomic E-state index is 0.706. The number of fused-ring (bicyclic) bond motifs is 3. The van der Waals surface area contributed by atoms with E-state index in [1.54, 1.807) is 0 Å². The van der Waals surface area contributed by atoms with Crippen LogP contribution in [-0.2, 0) is 0 Å². The molecule has 4 heteroatoms. The van der Waals surface area contributed by atoms with Crippen LogP contribution in [0.3, 0.4) is 0 Å². The molecule has 246 valence electrons. The van der Waals surface area contributed by atoms with Crippen LogP contribution in [-0.4, -0.2) is 19.9 Å². The van der Waals surface area contributed by atoms with Crippen LogP contribution in [0.5, 0.6) is 0 Å². The molecule has 0 atom stereocenters. The Balaban J connectivity index is 1.04. The molecule has 9 aromatic rings. The van der Waals surface area contributed by atoms with E-state index in [9.17, 15) is 0 Å². The molecule has 0 spiro atoms. The van der Waals surface area contributed by atoms with E-state index < -0.39 is 0 Å². The molecule has 3 heterocycles. The average molecular weight is 667 g/mol. The lowest BCUT2D eigenvalue weighted by Crippen LogP contribution is -1.96. The smallest absolute Gasteiger partial charge is 0.160 e. The first-order valence-electron chi connectivity index (χ1n) is 17.6. The maximum Gasteiger partial charge on any atom is 0.160 e. The Morgan fingerprint density at radius 1 is 0.327 bits per heavy atom. The van der Waals surface area contributed by atoms with Crippen molar-refractivity contribution in [1.29, 1.82) is 0 Å². The van der Waals surface area contributed by atoms with Crippen LogP contribution < -0.4 is 0 Å². The summed E-state index contributed by atoms with van der Waals surface area (Å²) < 4.78 is 0. The quantitative estimate of drug-likeness (QED) is 0.166. The van der Waals surface area contributed by atoms with Crippen LogP contribution in [0.15, 0.2) is 170 Å². The summed E-state index contributed by atoms with van der Waals surface area (Å²) in [5, 5.41) is 2.22. The second kappa shape index (κ2) is 13.2. The third-order valence-electron chi connectivity index (χ3n) is 9.66. The average Bonchev–Trinajstić information content (AvgIpc) is 3.21. The molecule has 0 aliphatic rings. The Kier molecular flexibility index (Phi) is 7.90. The van der Waals surface area contributed by atoms with Gasteiger partial charge in [-0.1, -0.05) is 152 Å². The van der Waals surface area contributed by atoms with Gasteiger partial charge in [-0.25, -0.2) is 9.97 Å². The fourth-order valence-corrected chi connectivity index (χ4v) is 6.93. The Labute approximate surface area is 303 Å². The topological polar surface area (TPSA) is 51.6 Å². The van der Waals surface area contributed by atoms with Crippen LogP contribution in [0.1, 0.15) is 11.4 Å². The third-order valence-corrected chi connectivity index (χ3v) is 9.66. The predicted octanol–water partition coefficient (Wildman–Crippen LogP) is 12.2. The van der Waals surface area contributed by atoms with E-state index in [-0.39, 0.29) is 0 Å². The monoisotopic (exact) mass is 666 g/mol. The first kappa shape index (κ1) is 31.2. The van der Waals surface area contributed by atoms with E-state index in [4.69, 9.17) is 19.9 Å². The summed E-state index contributed by atoms with van der Waals surface area (Å²) in [4.78, 5) is 19.8. The van der Waals surface area contributed by atoms with E-state index in [1.165, 1.54) is 11.1 Å². The van der Waals surface area contributed by atoms with Crippen molar-refractivity contribution in [1.82, 2.24) is 19.9 Å². The van der Waals surface area contributed by atoms with Crippen LogP contribution in [0.4, 0.5) is 0 Å². The van der Waals surface area contributed by atoms with Gasteiger partial charge in [0.1, 0.15) is 0 Å². The van der Waals surface area contributed by atoms with Crippen molar-refractivity contribution in [2.45, 2.75) is 13.8 Å². The Bertz CT molecular complexity index is 2700. The summed E-state index contributed by atoms with van der Waals surface area (Å²) >= 11 is 0. The van der Waals surface area contributed by atoms with Crippen LogP contribution in [0.25, 0.3) is 89.1 Å². The zero-order valence-electron chi connectivity index (χ0n) is 29.0. The van der Waals surface area contributed by atoms with Crippen molar-refractivity contribution in [2.24, 2.45) is 0 Å². The molecule has 3 aromatic heterocycles. The van der Waals surface area contributed by atoms with Crippen molar-refractivity contribution >= 4 is 21.8 Å². The molecular formula is C48H34N4. The van der Waals surface area contributed by atoms with E-state index in [1.807, 2.05) is 31.2 Å². The molecule has 6 aromatic carbocycles. The molecule has 0 aliphatic carbocycles. The van der Waals surface area contributed by atoms with E-state index >= 15 is 0 Å². The van der Waals surface area contributed by atoms with Gasteiger partial charge in [-0.15, -0.1) is 0 Å². The number of pyridine rings is 2. The molecule has 0 N–H and O–H groups in total. The molecule has 9 rings (SSSR count). The lowest BCUT2D eigenvalue weighted by atomic mass is 9.96. The van der Waals surface area contributed by atoms with Gasteiger partial charge in [0.2, 0.25) is 0 Å². The van der Waals surface area contributed by atoms with Gasteiger partial charge >= 0.3 is 0 Å². The highest BCUT2D eigenvalue weighted by Crippen LogP contribution is 2.35. The maximum atomic E-state index is 5.05. The van der Waals surface area contributed by atoms with Gasteiger partial charge in [-0.2, -0.15) is 0 Å². The Morgan fingerprint density at radius 2 is 0.788 bits per heavy atom. The number of hydrogen-bond acceptors (Lipinski definition) is 4.